The Morgan fingerprint density at radius 1 is 1.19 bits per heavy atom. The number of ketones is 1. The van der Waals surface area contributed by atoms with E-state index in [-0.39, 0.29) is 34.5 Å². The summed E-state index contributed by atoms with van der Waals surface area (Å²) in [5.74, 6) is -0.288. The SMILES string of the molecule is C=CCOc1ccc(C2CC(=O)N(c3ccc(F)c(Cl)c3)C3=C2C(=O)CC(C)(C)C3)cc1. The summed E-state index contributed by atoms with van der Waals surface area (Å²) in [7, 11) is 0. The van der Waals surface area contributed by atoms with Gasteiger partial charge in [-0.15, -0.1) is 0 Å². The number of carbonyl (C=O) groups excluding carboxylic acids is 2. The van der Waals surface area contributed by atoms with Crippen LogP contribution in [0.2, 0.25) is 5.02 Å². The zero-order valence-corrected chi connectivity index (χ0v) is 18.9. The van der Waals surface area contributed by atoms with Crippen LogP contribution in [0.4, 0.5) is 10.1 Å². The molecule has 0 N–H and O–H groups in total. The molecule has 1 atom stereocenters. The molecule has 4 rings (SSSR count). The molecule has 2 aromatic rings. The molecular formula is C26H25ClFNO3. The number of benzene rings is 2. The first-order chi connectivity index (χ1) is 15.2. The maximum atomic E-state index is 13.8. The van der Waals surface area contributed by atoms with Gasteiger partial charge in [-0.25, -0.2) is 4.39 Å². The predicted octanol–water partition coefficient (Wildman–Crippen LogP) is 6.21. The summed E-state index contributed by atoms with van der Waals surface area (Å²) in [6.45, 7) is 8.08. The Labute approximate surface area is 192 Å². The van der Waals surface area contributed by atoms with Crippen LogP contribution >= 0.6 is 11.6 Å². The first-order valence-electron chi connectivity index (χ1n) is 10.6. The molecule has 166 valence electrons. The van der Waals surface area contributed by atoms with Gasteiger partial charge < -0.3 is 4.74 Å². The highest BCUT2D eigenvalue weighted by Gasteiger charge is 2.44. The summed E-state index contributed by atoms with van der Waals surface area (Å²) in [5.41, 5.74) is 2.42. The first-order valence-corrected chi connectivity index (χ1v) is 11.0. The van der Waals surface area contributed by atoms with Crippen LogP contribution in [0.3, 0.4) is 0 Å². The Kier molecular flexibility index (Phi) is 5.95. The second-order valence-electron chi connectivity index (χ2n) is 9.05. The van der Waals surface area contributed by atoms with E-state index in [1.165, 1.54) is 18.2 Å². The van der Waals surface area contributed by atoms with Gasteiger partial charge in [0.05, 0.1) is 10.7 Å². The third-order valence-electron chi connectivity index (χ3n) is 5.95. The van der Waals surface area contributed by atoms with Crippen LogP contribution in [-0.4, -0.2) is 18.3 Å². The topological polar surface area (TPSA) is 46.6 Å². The molecule has 4 nitrogen and oxygen atoms in total. The van der Waals surface area contributed by atoms with Gasteiger partial charge in [-0.2, -0.15) is 0 Å². The molecule has 0 aromatic heterocycles. The van der Waals surface area contributed by atoms with Crippen LogP contribution in [0.5, 0.6) is 5.75 Å². The Balaban J connectivity index is 1.80. The van der Waals surface area contributed by atoms with E-state index in [2.05, 4.69) is 6.58 Å². The fraction of sp³-hybridized carbons (Fsp3) is 0.308. The summed E-state index contributed by atoms with van der Waals surface area (Å²) in [6.07, 6.45) is 2.79. The zero-order chi connectivity index (χ0) is 23.0. The average molecular weight is 454 g/mol. The number of carbonyl (C=O) groups is 2. The molecule has 0 bridgehead atoms. The van der Waals surface area contributed by atoms with E-state index in [0.717, 1.165) is 5.56 Å². The number of amides is 1. The van der Waals surface area contributed by atoms with Crippen LogP contribution in [0.1, 0.15) is 44.6 Å². The van der Waals surface area contributed by atoms with E-state index in [1.807, 2.05) is 38.1 Å². The lowest BCUT2D eigenvalue weighted by Crippen LogP contribution is -2.43. The van der Waals surface area contributed by atoms with Crippen molar-refractivity contribution >= 4 is 29.0 Å². The molecule has 6 heteroatoms. The van der Waals surface area contributed by atoms with Gasteiger partial charge in [0.1, 0.15) is 18.2 Å². The summed E-state index contributed by atoms with van der Waals surface area (Å²) in [4.78, 5) is 28.2. The van der Waals surface area contributed by atoms with Crippen molar-refractivity contribution in [2.24, 2.45) is 5.41 Å². The van der Waals surface area contributed by atoms with Crippen molar-refractivity contribution in [3.8, 4) is 5.75 Å². The Morgan fingerprint density at radius 2 is 1.91 bits per heavy atom. The van der Waals surface area contributed by atoms with Crippen molar-refractivity contribution in [1.82, 2.24) is 0 Å². The van der Waals surface area contributed by atoms with Crippen LogP contribution < -0.4 is 9.64 Å². The molecule has 1 unspecified atom stereocenters. The highest BCUT2D eigenvalue weighted by atomic mass is 35.5. The molecule has 1 aliphatic carbocycles. The van der Waals surface area contributed by atoms with Gasteiger partial charge in [-0.05, 0) is 47.7 Å². The van der Waals surface area contributed by atoms with Crippen molar-refractivity contribution in [2.75, 3.05) is 11.5 Å². The van der Waals surface area contributed by atoms with E-state index in [4.69, 9.17) is 16.3 Å². The van der Waals surface area contributed by atoms with Crippen molar-refractivity contribution in [2.45, 2.75) is 39.0 Å². The lowest BCUT2D eigenvalue weighted by Gasteiger charge is -2.43. The number of halogens is 2. The van der Waals surface area contributed by atoms with Crippen molar-refractivity contribution in [1.29, 1.82) is 0 Å². The van der Waals surface area contributed by atoms with E-state index < -0.39 is 5.82 Å². The zero-order valence-electron chi connectivity index (χ0n) is 18.2. The van der Waals surface area contributed by atoms with E-state index in [0.29, 0.717) is 42.2 Å². The summed E-state index contributed by atoms with van der Waals surface area (Å²) in [5, 5.41) is -0.0592. The molecule has 1 heterocycles. The largest absolute Gasteiger partial charge is 0.490 e. The van der Waals surface area contributed by atoms with Gasteiger partial charge in [0, 0.05) is 30.0 Å². The van der Waals surface area contributed by atoms with E-state index in [9.17, 15) is 14.0 Å². The standard InChI is InChI=1S/C26H25ClFNO3/c1-4-11-32-18-8-5-16(6-9-18)19-13-24(31)29(17-7-10-21(28)20(27)12-17)22-14-26(2,3)15-23(30)25(19)22/h4-10,12,19H,1,11,13-15H2,2-3H3. The van der Waals surface area contributed by atoms with Crippen LogP contribution in [0, 0.1) is 11.2 Å². The minimum Gasteiger partial charge on any atom is -0.490 e. The minimum atomic E-state index is -0.550. The monoisotopic (exact) mass is 453 g/mol. The molecule has 1 aliphatic heterocycles. The number of ether oxygens (including phenoxy) is 1. The average Bonchev–Trinajstić information content (AvgIpc) is 2.73. The number of Topliss-reactive ketones (excluding diaryl/α,β-unsaturated/α-hetero) is 1. The summed E-state index contributed by atoms with van der Waals surface area (Å²) in [6, 6.07) is 11.7. The number of hydrogen-bond acceptors (Lipinski definition) is 3. The van der Waals surface area contributed by atoms with Gasteiger partial charge >= 0.3 is 0 Å². The normalized spacial score (nSPS) is 20.2. The fourth-order valence-electron chi connectivity index (χ4n) is 4.58. The Hall–Kier alpha value is -2.92. The van der Waals surface area contributed by atoms with Gasteiger partial charge in [-0.1, -0.05) is 50.2 Å². The Bertz CT molecular complexity index is 1120. The minimum absolute atomic E-state index is 0.0407. The van der Waals surface area contributed by atoms with E-state index >= 15 is 0 Å². The number of anilines is 1. The van der Waals surface area contributed by atoms with Gasteiger partial charge in [0.2, 0.25) is 5.91 Å². The molecule has 0 fully saturated rings. The molecule has 1 amide bonds. The molecule has 0 saturated heterocycles. The number of hydrogen-bond donors (Lipinski definition) is 0. The van der Waals surface area contributed by atoms with Crippen LogP contribution in [0.25, 0.3) is 0 Å². The molecule has 0 saturated carbocycles. The number of nitrogens with zero attached hydrogens (tertiary/aromatic N) is 1. The maximum Gasteiger partial charge on any atom is 0.232 e. The van der Waals surface area contributed by atoms with Crippen LogP contribution in [0.15, 0.2) is 66.4 Å². The lowest BCUT2D eigenvalue weighted by atomic mass is 9.69. The van der Waals surface area contributed by atoms with Gasteiger partial charge in [0.15, 0.2) is 5.78 Å². The van der Waals surface area contributed by atoms with Crippen molar-refractivity contribution < 1.29 is 18.7 Å². The van der Waals surface area contributed by atoms with Crippen molar-refractivity contribution in [3.05, 3.63) is 82.8 Å². The maximum absolute atomic E-state index is 13.8. The second kappa shape index (κ2) is 8.55. The summed E-state index contributed by atoms with van der Waals surface area (Å²) < 4.78 is 19.3. The molecule has 2 aliphatic rings. The Morgan fingerprint density at radius 3 is 2.56 bits per heavy atom. The smallest absolute Gasteiger partial charge is 0.232 e. The molecule has 2 aromatic carbocycles. The van der Waals surface area contributed by atoms with E-state index in [1.54, 1.807) is 11.0 Å². The molecule has 0 spiro atoms. The van der Waals surface area contributed by atoms with Gasteiger partial charge in [0.25, 0.3) is 0 Å². The third-order valence-corrected chi connectivity index (χ3v) is 6.24. The second-order valence-corrected chi connectivity index (χ2v) is 9.46. The molecular weight excluding hydrogens is 429 g/mol. The molecule has 32 heavy (non-hydrogen) atoms. The first kappa shape index (κ1) is 22.3. The third kappa shape index (κ3) is 4.22. The van der Waals surface area contributed by atoms with Crippen molar-refractivity contribution in [3.63, 3.8) is 0 Å². The molecule has 0 radical (unpaired) electrons. The predicted molar refractivity (Wildman–Crippen MR) is 123 cm³/mol. The fourth-order valence-corrected chi connectivity index (χ4v) is 4.75. The lowest BCUT2D eigenvalue weighted by molar-refractivity contribution is -0.121. The highest BCUT2D eigenvalue weighted by molar-refractivity contribution is 6.31. The highest BCUT2D eigenvalue weighted by Crippen LogP contribution is 2.48. The van der Waals surface area contributed by atoms with Crippen LogP contribution in [-0.2, 0) is 9.59 Å². The number of allylic oxidation sites excluding steroid dienone is 2. The number of rotatable bonds is 5. The van der Waals surface area contributed by atoms with Gasteiger partial charge in [-0.3, -0.25) is 14.5 Å². The summed E-state index contributed by atoms with van der Waals surface area (Å²) >= 11 is 6.00. The quantitative estimate of drug-likeness (QED) is 0.506.